The van der Waals surface area contributed by atoms with E-state index >= 15 is 0 Å². The van der Waals surface area contributed by atoms with Gasteiger partial charge in [0.1, 0.15) is 18.1 Å². The summed E-state index contributed by atoms with van der Waals surface area (Å²) in [6.07, 6.45) is 0. The molecule has 0 unspecified atom stereocenters. The fraction of sp³-hybridized carbons (Fsp3) is 0.200. The summed E-state index contributed by atoms with van der Waals surface area (Å²) in [4.78, 5) is 0. The number of hydrogen-bond acceptors (Lipinski definition) is 5. The van der Waals surface area contributed by atoms with Gasteiger partial charge in [-0.05, 0) is 60.7 Å². The highest BCUT2D eigenvalue weighted by molar-refractivity contribution is 7.80. The van der Waals surface area contributed by atoms with Crippen LogP contribution in [0.15, 0.2) is 54.6 Å². The minimum absolute atomic E-state index is 0.264. The van der Waals surface area contributed by atoms with E-state index in [-0.39, 0.29) is 5.11 Å². The van der Waals surface area contributed by atoms with E-state index in [0.717, 1.165) is 28.4 Å². The number of ether oxygens (including phenoxy) is 3. The fourth-order valence-electron chi connectivity index (χ4n) is 2.65. The van der Waals surface area contributed by atoms with E-state index < -0.39 is 0 Å². The summed E-state index contributed by atoms with van der Waals surface area (Å²) >= 11 is 4.76. The highest BCUT2D eigenvalue weighted by atomic mass is 32.1. The maximum atomic E-state index is 5.68. The average Bonchev–Trinajstić information content (AvgIpc) is 3.16. The molecule has 0 bridgehead atoms. The molecule has 0 aliphatic rings. The largest absolute Gasteiger partial charge is 0.497 e. The number of methoxy groups -OCH3 is 2. The number of benzene rings is 2. The molecule has 0 saturated carbocycles. The lowest BCUT2D eigenvalue weighted by Gasteiger charge is -2.10. The molecular formula is C20H22N4O3S. The van der Waals surface area contributed by atoms with Crippen molar-refractivity contribution >= 4 is 17.3 Å². The van der Waals surface area contributed by atoms with Crippen LogP contribution in [0.25, 0.3) is 16.9 Å². The molecule has 3 N–H and O–H groups in total. The van der Waals surface area contributed by atoms with E-state index in [0.29, 0.717) is 19.0 Å². The SMILES string of the molecule is COc1ccc(-n2nc(OC)cc2-c2ccc(OCCNC(N)=S)cc2)cc1. The van der Waals surface area contributed by atoms with Crippen molar-refractivity contribution in [3.8, 4) is 34.3 Å². The standard InChI is InChI=1S/C20H22N4O3S/c1-25-16-9-5-15(6-10-16)24-18(13-19(23-24)26-2)14-3-7-17(8-4-14)27-12-11-22-20(21)28/h3-10,13H,11-12H2,1-2H3,(H3,21,22,28). The highest BCUT2D eigenvalue weighted by Gasteiger charge is 2.12. The van der Waals surface area contributed by atoms with Gasteiger partial charge in [0.15, 0.2) is 5.11 Å². The van der Waals surface area contributed by atoms with Gasteiger partial charge in [0.2, 0.25) is 5.88 Å². The molecule has 1 aromatic heterocycles. The normalized spacial score (nSPS) is 10.4. The highest BCUT2D eigenvalue weighted by Crippen LogP contribution is 2.29. The number of thiocarbonyl (C=S) groups is 1. The van der Waals surface area contributed by atoms with Gasteiger partial charge in [0, 0.05) is 11.6 Å². The molecule has 0 radical (unpaired) electrons. The van der Waals surface area contributed by atoms with Gasteiger partial charge in [-0.25, -0.2) is 4.68 Å². The number of hydrogen-bond donors (Lipinski definition) is 2. The lowest BCUT2D eigenvalue weighted by atomic mass is 10.1. The number of nitrogens with two attached hydrogens (primary N) is 1. The summed E-state index contributed by atoms with van der Waals surface area (Å²) in [6.45, 7) is 1.02. The van der Waals surface area contributed by atoms with Crippen LogP contribution in [0.1, 0.15) is 0 Å². The van der Waals surface area contributed by atoms with E-state index in [1.54, 1.807) is 14.2 Å². The fourth-order valence-corrected chi connectivity index (χ4v) is 2.75. The van der Waals surface area contributed by atoms with Crippen molar-refractivity contribution in [1.82, 2.24) is 15.1 Å². The molecule has 0 aliphatic carbocycles. The van der Waals surface area contributed by atoms with Gasteiger partial charge in [-0.3, -0.25) is 0 Å². The van der Waals surface area contributed by atoms with Gasteiger partial charge in [-0.2, -0.15) is 0 Å². The van der Waals surface area contributed by atoms with E-state index in [1.807, 2.05) is 59.3 Å². The monoisotopic (exact) mass is 398 g/mol. The predicted octanol–water partition coefficient (Wildman–Crippen LogP) is 2.77. The van der Waals surface area contributed by atoms with Crippen LogP contribution in [0.3, 0.4) is 0 Å². The summed E-state index contributed by atoms with van der Waals surface area (Å²) in [7, 11) is 3.24. The van der Waals surface area contributed by atoms with Crippen molar-refractivity contribution in [1.29, 1.82) is 0 Å². The molecule has 28 heavy (non-hydrogen) atoms. The summed E-state index contributed by atoms with van der Waals surface area (Å²) in [6, 6.07) is 17.4. The van der Waals surface area contributed by atoms with Gasteiger partial charge < -0.3 is 25.3 Å². The Labute approximate surface area is 169 Å². The number of nitrogens with one attached hydrogen (secondary N) is 1. The minimum atomic E-state index is 0.264. The maximum Gasteiger partial charge on any atom is 0.233 e. The third kappa shape index (κ3) is 4.72. The summed E-state index contributed by atoms with van der Waals surface area (Å²) < 4.78 is 18.1. The second-order valence-electron chi connectivity index (χ2n) is 5.85. The molecule has 7 nitrogen and oxygen atoms in total. The first kappa shape index (κ1) is 19.5. The molecule has 0 amide bonds. The number of nitrogens with zero attached hydrogens (tertiary/aromatic N) is 2. The average molecular weight is 398 g/mol. The molecular weight excluding hydrogens is 376 g/mol. The first-order valence-electron chi connectivity index (χ1n) is 8.65. The second-order valence-corrected chi connectivity index (χ2v) is 6.29. The van der Waals surface area contributed by atoms with Crippen LogP contribution in [0.2, 0.25) is 0 Å². The Morgan fingerprint density at radius 1 is 1.04 bits per heavy atom. The molecule has 2 aromatic carbocycles. The quantitative estimate of drug-likeness (QED) is 0.446. The Hall–Kier alpha value is -3.26. The van der Waals surface area contributed by atoms with E-state index in [2.05, 4.69) is 10.4 Å². The van der Waals surface area contributed by atoms with Crippen molar-refractivity contribution in [2.45, 2.75) is 0 Å². The third-order valence-corrected chi connectivity index (χ3v) is 4.18. The number of aromatic nitrogens is 2. The zero-order valence-corrected chi connectivity index (χ0v) is 16.5. The maximum absolute atomic E-state index is 5.68. The van der Waals surface area contributed by atoms with Crippen molar-refractivity contribution < 1.29 is 14.2 Å². The summed E-state index contributed by atoms with van der Waals surface area (Å²) in [5.41, 5.74) is 8.19. The molecule has 0 fully saturated rings. The molecule has 146 valence electrons. The molecule has 0 saturated heterocycles. The Balaban J connectivity index is 1.80. The van der Waals surface area contributed by atoms with Gasteiger partial charge in [0.25, 0.3) is 0 Å². The predicted molar refractivity (Wildman–Crippen MR) is 112 cm³/mol. The molecule has 8 heteroatoms. The van der Waals surface area contributed by atoms with Crippen molar-refractivity contribution in [3.63, 3.8) is 0 Å². The Bertz CT molecular complexity index is 924. The molecule has 3 aromatic rings. The van der Waals surface area contributed by atoms with Crippen LogP contribution in [0.4, 0.5) is 0 Å². The van der Waals surface area contributed by atoms with Crippen LogP contribution in [-0.4, -0.2) is 42.3 Å². The van der Waals surface area contributed by atoms with Crippen LogP contribution < -0.4 is 25.3 Å². The van der Waals surface area contributed by atoms with Crippen molar-refractivity contribution in [3.05, 3.63) is 54.6 Å². The van der Waals surface area contributed by atoms with Crippen LogP contribution in [0.5, 0.6) is 17.4 Å². The van der Waals surface area contributed by atoms with E-state index in [9.17, 15) is 0 Å². The van der Waals surface area contributed by atoms with Crippen LogP contribution >= 0.6 is 12.2 Å². The minimum Gasteiger partial charge on any atom is -0.497 e. The molecule has 1 heterocycles. The number of rotatable bonds is 8. The Kier molecular flexibility index (Phi) is 6.33. The first-order chi connectivity index (χ1) is 13.6. The summed E-state index contributed by atoms with van der Waals surface area (Å²) in [5, 5.41) is 7.63. The zero-order chi connectivity index (χ0) is 19.9. The van der Waals surface area contributed by atoms with Gasteiger partial charge in [0.05, 0.1) is 32.1 Å². The lowest BCUT2D eigenvalue weighted by molar-refractivity contribution is 0.322. The van der Waals surface area contributed by atoms with Crippen molar-refractivity contribution in [2.75, 3.05) is 27.4 Å². The van der Waals surface area contributed by atoms with E-state index in [4.69, 9.17) is 32.2 Å². The van der Waals surface area contributed by atoms with Gasteiger partial charge >= 0.3 is 0 Å². The Morgan fingerprint density at radius 2 is 1.71 bits per heavy atom. The zero-order valence-electron chi connectivity index (χ0n) is 15.7. The van der Waals surface area contributed by atoms with Gasteiger partial charge in [-0.15, -0.1) is 5.10 Å². The Morgan fingerprint density at radius 3 is 2.32 bits per heavy atom. The smallest absolute Gasteiger partial charge is 0.233 e. The van der Waals surface area contributed by atoms with Crippen LogP contribution in [0, 0.1) is 0 Å². The molecule has 0 spiro atoms. The van der Waals surface area contributed by atoms with Crippen LogP contribution in [-0.2, 0) is 0 Å². The second kappa shape index (κ2) is 9.09. The first-order valence-corrected chi connectivity index (χ1v) is 9.06. The molecule has 0 aliphatic heterocycles. The molecule has 0 atom stereocenters. The third-order valence-electron chi connectivity index (χ3n) is 4.03. The molecule has 3 rings (SSSR count). The van der Waals surface area contributed by atoms with Crippen molar-refractivity contribution in [2.24, 2.45) is 5.73 Å². The lowest BCUT2D eigenvalue weighted by Crippen LogP contribution is -2.32. The summed E-state index contributed by atoms with van der Waals surface area (Å²) in [5.74, 6) is 2.08. The van der Waals surface area contributed by atoms with Gasteiger partial charge in [-0.1, -0.05) is 0 Å². The topological polar surface area (TPSA) is 83.6 Å². The van der Waals surface area contributed by atoms with E-state index in [1.165, 1.54) is 0 Å².